The highest BCUT2D eigenvalue weighted by molar-refractivity contribution is 5.96. The van der Waals surface area contributed by atoms with Crippen LogP contribution in [0.1, 0.15) is 220 Å². The molecule has 82 heavy (non-hydrogen) atoms. The van der Waals surface area contributed by atoms with Crippen molar-refractivity contribution < 1.29 is 48.3 Å². The Morgan fingerprint density at radius 1 is 0.415 bits per heavy atom. The predicted molar refractivity (Wildman–Crippen MR) is 324 cm³/mol. The first-order valence-corrected chi connectivity index (χ1v) is 28.8. The molecule has 434 valence electrons. The third-order valence-electron chi connectivity index (χ3n) is 15.7. The number of aromatic hydroxyl groups is 2. The number of nitrogens with one attached hydrogen (secondary N) is 2. The summed E-state index contributed by atoms with van der Waals surface area (Å²) in [6.07, 6.45) is 4.08. The van der Waals surface area contributed by atoms with E-state index in [-0.39, 0.29) is 108 Å². The number of rotatable bonds is 2. The van der Waals surface area contributed by atoms with Gasteiger partial charge in [-0.05, 0) is 149 Å². The Morgan fingerprint density at radius 2 is 0.695 bits per heavy atom. The van der Waals surface area contributed by atoms with E-state index < -0.39 is 11.9 Å². The first-order valence-electron chi connectivity index (χ1n) is 28.8. The van der Waals surface area contributed by atoms with E-state index in [2.05, 4.69) is 142 Å². The normalized spacial score (nSPS) is 15.0. The second-order valence-corrected chi connectivity index (χ2v) is 26.6. The zero-order valence-electron chi connectivity index (χ0n) is 50.7. The van der Waals surface area contributed by atoms with Crippen molar-refractivity contribution >= 4 is 35.1 Å². The van der Waals surface area contributed by atoms with Crippen LogP contribution in [-0.2, 0) is 79.6 Å². The van der Waals surface area contributed by atoms with Gasteiger partial charge >= 0.3 is 11.9 Å². The molecule has 14 bridgehead atoms. The van der Waals surface area contributed by atoms with Crippen LogP contribution in [0.5, 0.6) is 23.0 Å². The SMILES string of the molecule is COC(=O)c1cc2cc(c1)NC(=O)CCCCCCC(=O)Nc1cc(cc(C(=O)OC)c1)COc1c3cc(C(C)(C)C)cc1Cc1cc(C(C)(C)C)cc(c1O)Cc1cc(C(C)(C)C)cc(c1OC2)Cc1cc(C(C)(C)C)cc(c1O)C3. The molecule has 0 fully saturated rings. The van der Waals surface area contributed by atoms with Crippen LogP contribution in [-0.4, -0.2) is 48.2 Å². The number of methoxy groups -OCH3 is 2. The zero-order chi connectivity index (χ0) is 59.6. The lowest BCUT2D eigenvalue weighted by atomic mass is 9.79. The Morgan fingerprint density at radius 3 is 0.963 bits per heavy atom. The number of benzene rings is 6. The summed E-state index contributed by atoms with van der Waals surface area (Å²) in [5.74, 6) is -0.161. The second-order valence-electron chi connectivity index (χ2n) is 26.6. The van der Waals surface area contributed by atoms with Crippen LogP contribution in [0.3, 0.4) is 0 Å². The van der Waals surface area contributed by atoms with E-state index in [9.17, 15) is 29.4 Å². The Labute approximate surface area is 485 Å². The van der Waals surface area contributed by atoms with Crippen molar-refractivity contribution in [3.05, 3.63) is 174 Å². The van der Waals surface area contributed by atoms with E-state index in [1.165, 1.54) is 14.2 Å². The number of hydrogen-bond acceptors (Lipinski definition) is 10. The lowest BCUT2D eigenvalue weighted by molar-refractivity contribution is -0.117. The lowest BCUT2D eigenvalue weighted by Gasteiger charge is -2.28. The fraction of sp³-hybridized carbons (Fsp3) is 0.429. The minimum atomic E-state index is -0.571. The number of ether oxygens (including phenoxy) is 4. The molecule has 2 amide bonds. The minimum Gasteiger partial charge on any atom is -0.507 e. The molecule has 12 nitrogen and oxygen atoms in total. The van der Waals surface area contributed by atoms with Crippen LogP contribution in [0.4, 0.5) is 11.4 Å². The molecular formula is C70H84N2O10. The first kappa shape index (κ1) is 60.5. The molecule has 0 spiro atoms. The van der Waals surface area contributed by atoms with Crippen molar-refractivity contribution in [1.82, 2.24) is 0 Å². The lowest BCUT2D eigenvalue weighted by Crippen LogP contribution is -2.17. The maximum atomic E-state index is 13.5. The topological polar surface area (TPSA) is 170 Å². The number of esters is 2. The molecule has 1 aliphatic heterocycles. The maximum Gasteiger partial charge on any atom is 0.337 e. The Bertz CT molecular complexity index is 3110. The molecule has 2 aliphatic rings. The molecule has 6 aromatic carbocycles. The van der Waals surface area contributed by atoms with Crippen molar-refractivity contribution in [2.45, 2.75) is 182 Å². The molecule has 0 unspecified atom stereocenters. The van der Waals surface area contributed by atoms with E-state index in [0.717, 1.165) is 44.5 Å². The maximum absolute atomic E-state index is 13.5. The smallest absolute Gasteiger partial charge is 0.337 e. The van der Waals surface area contributed by atoms with E-state index in [4.69, 9.17) is 18.9 Å². The van der Waals surface area contributed by atoms with Gasteiger partial charge in [-0.15, -0.1) is 0 Å². The van der Waals surface area contributed by atoms with Crippen LogP contribution >= 0.6 is 0 Å². The van der Waals surface area contributed by atoms with Gasteiger partial charge in [0.05, 0.1) is 25.3 Å². The summed E-state index contributed by atoms with van der Waals surface area (Å²) in [6.45, 7) is 26.0. The monoisotopic (exact) mass is 1110 g/mol. The molecule has 0 saturated carbocycles. The number of phenols is 2. The van der Waals surface area contributed by atoms with E-state index in [1.54, 1.807) is 36.4 Å². The minimum absolute atomic E-state index is 0.00379. The van der Waals surface area contributed by atoms with Gasteiger partial charge in [0, 0.05) is 49.9 Å². The van der Waals surface area contributed by atoms with E-state index in [0.29, 0.717) is 81.9 Å². The molecule has 6 aromatic rings. The van der Waals surface area contributed by atoms with Crippen molar-refractivity contribution in [3.8, 4) is 23.0 Å². The van der Waals surface area contributed by atoms with E-state index in [1.807, 2.05) is 0 Å². The standard InChI is InChI=1S/C70H84N2O10/c1-67(2,3)53-29-43-25-47-33-55(69(7,8)9)35-49-27-45-31-54(68(4,5)6)32-46(62(45)76)28-50-36-56(70(10,11)12)34-48(26-44(30-53)61(43)75)64(50)82-40-42-22-52(66(78)80-14)38-58(24-42)72-60(74)20-18-16-15-17-19-59(73)71-57-23-41(39-81-63(47)49)21-51(37-57)65(77)79-13/h21-24,29-38,75-76H,15-20,25-28,39-40H2,1-14H3,(H,71,73)(H,72,74). The van der Waals surface area contributed by atoms with Crippen LogP contribution in [0.2, 0.25) is 0 Å². The van der Waals surface area contributed by atoms with Crippen molar-refractivity contribution in [3.63, 3.8) is 0 Å². The number of carbonyl (C=O) groups excluding carboxylic acids is 4. The van der Waals surface area contributed by atoms with Gasteiger partial charge in [-0.2, -0.15) is 0 Å². The van der Waals surface area contributed by atoms with Crippen LogP contribution in [0, 0.1) is 0 Å². The second kappa shape index (κ2) is 24.1. The molecule has 8 rings (SSSR count). The third-order valence-corrected chi connectivity index (χ3v) is 15.7. The molecule has 0 aromatic heterocycles. The van der Waals surface area contributed by atoms with Gasteiger partial charge in [0.25, 0.3) is 0 Å². The van der Waals surface area contributed by atoms with Crippen LogP contribution in [0.25, 0.3) is 0 Å². The van der Waals surface area contributed by atoms with Gasteiger partial charge in [-0.25, -0.2) is 9.59 Å². The number of carbonyl (C=O) groups is 4. The first-order chi connectivity index (χ1) is 38.5. The summed E-state index contributed by atoms with van der Waals surface area (Å²) >= 11 is 0. The summed E-state index contributed by atoms with van der Waals surface area (Å²) in [7, 11) is 2.63. The summed E-state index contributed by atoms with van der Waals surface area (Å²) in [6, 6.07) is 27.2. The number of hydrogen-bond donors (Lipinski definition) is 4. The summed E-state index contributed by atoms with van der Waals surface area (Å²) in [5.41, 5.74) is 11.4. The van der Waals surface area contributed by atoms with Crippen molar-refractivity contribution in [2.75, 3.05) is 24.9 Å². The fourth-order valence-electron chi connectivity index (χ4n) is 10.9. The molecule has 12 heteroatoms. The Balaban J connectivity index is 1.44. The van der Waals surface area contributed by atoms with Gasteiger partial charge in [0.15, 0.2) is 0 Å². The predicted octanol–water partition coefficient (Wildman–Crippen LogP) is 14.9. The molecular weight excluding hydrogens is 1030 g/mol. The third kappa shape index (κ3) is 14.5. The van der Waals surface area contributed by atoms with E-state index >= 15 is 0 Å². The quantitative estimate of drug-likeness (QED) is 0.122. The average molecular weight is 1110 g/mol. The van der Waals surface area contributed by atoms with Crippen LogP contribution in [0.15, 0.2) is 84.9 Å². The molecule has 1 heterocycles. The van der Waals surface area contributed by atoms with Crippen molar-refractivity contribution in [2.24, 2.45) is 0 Å². The summed E-state index contributed by atoms with van der Waals surface area (Å²) in [4.78, 5) is 53.6. The molecule has 4 N–H and O–H groups in total. The summed E-state index contributed by atoms with van der Waals surface area (Å²) < 4.78 is 24.6. The van der Waals surface area contributed by atoms with Gasteiger partial charge in [0.2, 0.25) is 11.8 Å². The average Bonchev–Trinajstić information content (AvgIpc) is 2.66. The number of anilines is 2. The number of phenolic OH excluding ortho intramolecular Hbond substituents is 2. The molecule has 0 saturated heterocycles. The zero-order valence-corrected chi connectivity index (χ0v) is 50.7. The number of fused-ring (bicyclic) bond motifs is 6. The van der Waals surface area contributed by atoms with Gasteiger partial charge in [-0.1, -0.05) is 144 Å². The van der Waals surface area contributed by atoms with Gasteiger partial charge < -0.3 is 39.8 Å². The largest absolute Gasteiger partial charge is 0.507 e. The molecule has 0 atom stereocenters. The summed E-state index contributed by atoms with van der Waals surface area (Å²) in [5, 5.41) is 31.9. The Hall–Kier alpha value is -7.60. The van der Waals surface area contributed by atoms with Crippen LogP contribution < -0.4 is 20.1 Å². The number of amides is 2. The fourth-order valence-corrected chi connectivity index (χ4v) is 10.9. The van der Waals surface area contributed by atoms with Gasteiger partial charge in [0.1, 0.15) is 36.2 Å². The van der Waals surface area contributed by atoms with Gasteiger partial charge in [-0.3, -0.25) is 9.59 Å². The molecule has 1 aliphatic carbocycles. The highest BCUT2D eigenvalue weighted by Crippen LogP contribution is 2.44. The highest BCUT2D eigenvalue weighted by atomic mass is 16.5. The Kier molecular flexibility index (Phi) is 17.8. The molecule has 0 radical (unpaired) electrons. The van der Waals surface area contributed by atoms with Crippen molar-refractivity contribution in [1.29, 1.82) is 0 Å². The highest BCUT2D eigenvalue weighted by Gasteiger charge is 2.29.